The zero-order valence-electron chi connectivity index (χ0n) is 13.8. The molecule has 0 saturated heterocycles. The van der Waals surface area contributed by atoms with Crippen LogP contribution in [0.1, 0.15) is 35.3 Å². The van der Waals surface area contributed by atoms with Gasteiger partial charge in [-0.1, -0.05) is 13.8 Å². The van der Waals surface area contributed by atoms with Gasteiger partial charge in [0.2, 0.25) is 0 Å². The Bertz CT molecular complexity index is 653. The maximum absolute atomic E-state index is 5.91. The van der Waals surface area contributed by atoms with Crippen LogP contribution in [-0.4, -0.2) is 18.1 Å². The fraction of sp³-hybridized carbons (Fsp3) is 0.375. The Morgan fingerprint density at radius 3 is 2.52 bits per heavy atom. The number of nitrogens with one attached hydrogen (secondary N) is 1. The van der Waals surface area contributed by atoms with Gasteiger partial charge in [-0.05, 0) is 37.1 Å². The molecule has 1 heterocycles. The van der Waals surface area contributed by atoms with Gasteiger partial charge in [0.05, 0.1) is 19.3 Å². The minimum Gasteiger partial charge on any atom is -0.497 e. The van der Waals surface area contributed by atoms with Gasteiger partial charge < -0.3 is 15.8 Å². The number of hydrogen-bond donors (Lipinski definition) is 2. The van der Waals surface area contributed by atoms with E-state index in [1.807, 2.05) is 24.3 Å². The van der Waals surface area contributed by atoms with E-state index in [0.29, 0.717) is 18.4 Å². The zero-order chi connectivity index (χ0) is 16.1. The number of rotatable bonds is 5. The molecule has 7 heteroatoms. The molecule has 0 aliphatic heterocycles. The monoisotopic (exact) mass is 446 g/mol. The number of benzene rings is 1. The number of thiazole rings is 1. The van der Waals surface area contributed by atoms with Crippen LogP contribution in [-0.2, 0) is 6.54 Å². The summed E-state index contributed by atoms with van der Waals surface area (Å²) in [4.78, 5) is 10.2. The van der Waals surface area contributed by atoms with Crippen LogP contribution in [0.25, 0.3) is 0 Å². The predicted octanol–water partition coefficient (Wildman–Crippen LogP) is 4.13. The van der Waals surface area contributed by atoms with Crippen LogP contribution in [0.2, 0.25) is 0 Å². The average Bonchev–Trinajstić information content (AvgIpc) is 2.87. The van der Waals surface area contributed by atoms with Gasteiger partial charge >= 0.3 is 0 Å². The minimum absolute atomic E-state index is 0. The quantitative estimate of drug-likeness (QED) is 0.412. The van der Waals surface area contributed by atoms with E-state index in [4.69, 9.17) is 10.5 Å². The smallest absolute Gasteiger partial charge is 0.193 e. The van der Waals surface area contributed by atoms with Crippen molar-refractivity contribution in [2.75, 3.05) is 12.4 Å². The van der Waals surface area contributed by atoms with E-state index < -0.39 is 0 Å². The minimum atomic E-state index is 0. The third-order valence-corrected chi connectivity index (χ3v) is 4.14. The van der Waals surface area contributed by atoms with E-state index in [1.165, 1.54) is 4.88 Å². The molecule has 0 radical (unpaired) electrons. The lowest BCUT2D eigenvalue weighted by atomic mass is 10.1. The maximum Gasteiger partial charge on any atom is 0.193 e. The van der Waals surface area contributed by atoms with E-state index in [2.05, 4.69) is 36.1 Å². The molecular formula is C16H23IN4OS. The van der Waals surface area contributed by atoms with Gasteiger partial charge in [-0.15, -0.1) is 35.3 Å². The molecule has 1 aromatic carbocycles. The Labute approximate surface area is 158 Å². The molecule has 0 aliphatic rings. The highest BCUT2D eigenvalue weighted by molar-refractivity contribution is 14.0. The second kappa shape index (κ2) is 9.07. The molecule has 0 amide bonds. The van der Waals surface area contributed by atoms with Gasteiger partial charge in [-0.25, -0.2) is 9.98 Å². The zero-order valence-corrected chi connectivity index (χ0v) is 16.9. The SMILES string of the molecule is COc1ccc(NC(N)=NCc2nc(C(C)C)c(C)s2)cc1.I. The highest BCUT2D eigenvalue weighted by atomic mass is 127. The van der Waals surface area contributed by atoms with Gasteiger partial charge in [-0.2, -0.15) is 0 Å². The first kappa shape index (κ1) is 19.7. The number of ether oxygens (including phenoxy) is 1. The van der Waals surface area contributed by atoms with Gasteiger partial charge in [0.1, 0.15) is 10.8 Å². The van der Waals surface area contributed by atoms with Crippen LogP contribution in [0.15, 0.2) is 29.3 Å². The maximum atomic E-state index is 5.91. The van der Waals surface area contributed by atoms with Crippen molar-refractivity contribution in [2.24, 2.45) is 10.7 Å². The summed E-state index contributed by atoms with van der Waals surface area (Å²) < 4.78 is 5.12. The lowest BCUT2D eigenvalue weighted by molar-refractivity contribution is 0.415. The standard InChI is InChI=1S/C16H22N4OS.HI/c1-10(2)15-11(3)22-14(20-15)9-18-16(17)19-12-5-7-13(21-4)8-6-12;/h5-8,10H,9H2,1-4H3,(H3,17,18,19);1H. The fourth-order valence-electron chi connectivity index (χ4n) is 2.08. The predicted molar refractivity (Wildman–Crippen MR) is 108 cm³/mol. The number of hydrogen-bond acceptors (Lipinski definition) is 4. The Balaban J connectivity index is 0.00000264. The third kappa shape index (κ3) is 5.65. The summed E-state index contributed by atoms with van der Waals surface area (Å²) in [5, 5.41) is 4.04. The van der Waals surface area contributed by atoms with E-state index >= 15 is 0 Å². The number of nitrogens with zero attached hydrogens (tertiary/aromatic N) is 2. The lowest BCUT2D eigenvalue weighted by Crippen LogP contribution is -2.22. The van der Waals surface area contributed by atoms with E-state index in [9.17, 15) is 0 Å². The fourth-order valence-corrected chi connectivity index (χ4v) is 3.10. The number of aliphatic imine (C=N–C) groups is 1. The molecule has 0 unspecified atom stereocenters. The number of anilines is 1. The summed E-state index contributed by atoms with van der Waals surface area (Å²) in [7, 11) is 1.64. The van der Waals surface area contributed by atoms with Gasteiger partial charge in [0.25, 0.3) is 0 Å². The molecule has 0 atom stereocenters. The Morgan fingerprint density at radius 2 is 2.00 bits per heavy atom. The number of methoxy groups -OCH3 is 1. The molecule has 0 spiro atoms. The molecule has 23 heavy (non-hydrogen) atoms. The summed E-state index contributed by atoms with van der Waals surface area (Å²) in [6.07, 6.45) is 0. The molecule has 2 aromatic rings. The number of aromatic nitrogens is 1. The Morgan fingerprint density at radius 1 is 1.35 bits per heavy atom. The van der Waals surface area contributed by atoms with Crippen molar-refractivity contribution in [1.82, 2.24) is 4.98 Å². The Hall–Kier alpha value is -1.35. The van der Waals surface area contributed by atoms with Gasteiger partial charge in [0.15, 0.2) is 5.96 Å². The molecule has 3 N–H and O–H groups in total. The number of nitrogens with two attached hydrogens (primary N) is 1. The number of guanidine groups is 1. The van der Waals surface area contributed by atoms with E-state index in [-0.39, 0.29) is 24.0 Å². The van der Waals surface area contributed by atoms with Gasteiger partial charge in [-0.3, -0.25) is 0 Å². The number of halogens is 1. The summed E-state index contributed by atoms with van der Waals surface area (Å²) >= 11 is 1.68. The molecule has 0 fully saturated rings. The first-order chi connectivity index (χ1) is 10.5. The normalized spacial score (nSPS) is 11.3. The first-order valence-corrected chi connectivity index (χ1v) is 7.98. The van der Waals surface area contributed by atoms with Crippen molar-refractivity contribution in [1.29, 1.82) is 0 Å². The molecular weight excluding hydrogens is 423 g/mol. The largest absolute Gasteiger partial charge is 0.497 e. The summed E-state index contributed by atoms with van der Waals surface area (Å²) in [5.41, 5.74) is 7.94. The lowest BCUT2D eigenvalue weighted by Gasteiger charge is -2.06. The summed E-state index contributed by atoms with van der Waals surface area (Å²) in [6.45, 7) is 6.88. The molecule has 1 aromatic heterocycles. The molecule has 0 aliphatic carbocycles. The summed E-state index contributed by atoms with van der Waals surface area (Å²) in [5.74, 6) is 1.62. The Kier molecular flexibility index (Phi) is 7.77. The van der Waals surface area contributed by atoms with Crippen molar-refractivity contribution < 1.29 is 4.74 Å². The van der Waals surface area contributed by atoms with Crippen LogP contribution >= 0.6 is 35.3 Å². The molecule has 2 rings (SSSR count). The second-order valence-corrected chi connectivity index (χ2v) is 6.55. The number of aryl methyl sites for hydroxylation is 1. The topological polar surface area (TPSA) is 72.5 Å². The molecule has 0 bridgehead atoms. The van der Waals surface area contributed by atoms with Crippen LogP contribution < -0.4 is 15.8 Å². The average molecular weight is 446 g/mol. The van der Waals surface area contributed by atoms with Crippen LogP contribution in [0.4, 0.5) is 5.69 Å². The third-order valence-electron chi connectivity index (χ3n) is 3.17. The molecule has 5 nitrogen and oxygen atoms in total. The van der Waals surface area contributed by atoms with Crippen LogP contribution in [0.5, 0.6) is 5.75 Å². The van der Waals surface area contributed by atoms with Crippen LogP contribution in [0, 0.1) is 6.92 Å². The second-order valence-electron chi connectivity index (χ2n) is 5.26. The van der Waals surface area contributed by atoms with Crippen molar-refractivity contribution in [3.05, 3.63) is 39.8 Å². The molecule has 0 saturated carbocycles. The van der Waals surface area contributed by atoms with Crippen molar-refractivity contribution in [2.45, 2.75) is 33.2 Å². The van der Waals surface area contributed by atoms with Crippen LogP contribution in [0.3, 0.4) is 0 Å². The van der Waals surface area contributed by atoms with Crippen molar-refractivity contribution >= 4 is 47.0 Å². The highest BCUT2D eigenvalue weighted by Gasteiger charge is 2.10. The molecule has 126 valence electrons. The van der Waals surface area contributed by atoms with Gasteiger partial charge in [0, 0.05) is 10.6 Å². The summed E-state index contributed by atoms with van der Waals surface area (Å²) in [6, 6.07) is 7.53. The highest BCUT2D eigenvalue weighted by Crippen LogP contribution is 2.24. The van der Waals surface area contributed by atoms with Crippen molar-refractivity contribution in [3.8, 4) is 5.75 Å². The van der Waals surface area contributed by atoms with E-state index in [1.54, 1.807) is 18.4 Å². The van der Waals surface area contributed by atoms with E-state index in [0.717, 1.165) is 22.1 Å². The van der Waals surface area contributed by atoms with Crippen molar-refractivity contribution in [3.63, 3.8) is 0 Å². The first-order valence-electron chi connectivity index (χ1n) is 7.16.